The Bertz CT molecular complexity index is 625. The van der Waals surface area contributed by atoms with Crippen LogP contribution in [0.3, 0.4) is 0 Å². The van der Waals surface area contributed by atoms with Crippen molar-refractivity contribution in [1.82, 2.24) is 10.7 Å². The number of benzene rings is 1. The first-order chi connectivity index (χ1) is 11.8. The van der Waals surface area contributed by atoms with Crippen LogP contribution in [0.2, 0.25) is 0 Å². The number of hydrogen-bond donors (Lipinski definition) is 2. The summed E-state index contributed by atoms with van der Waals surface area (Å²) in [5.74, 6) is -2.06. The number of hydrazone groups is 1. The van der Waals surface area contributed by atoms with E-state index in [1.165, 1.54) is 32.6 Å². The van der Waals surface area contributed by atoms with Gasteiger partial charge < -0.3 is 19.5 Å². The SMILES string of the molecule is COc1cc(/C=N\NC(=O)C(=O)NC(C)C)cc(OC)c1OC(F)F. The van der Waals surface area contributed by atoms with Crippen LogP contribution in [0.4, 0.5) is 8.78 Å². The average molecular weight is 359 g/mol. The molecule has 0 saturated heterocycles. The second-order valence-corrected chi connectivity index (χ2v) is 4.96. The minimum atomic E-state index is -3.05. The lowest BCUT2D eigenvalue weighted by molar-refractivity contribution is -0.139. The van der Waals surface area contributed by atoms with Gasteiger partial charge >= 0.3 is 18.4 Å². The molecule has 0 saturated carbocycles. The van der Waals surface area contributed by atoms with Crippen LogP contribution in [0.25, 0.3) is 0 Å². The van der Waals surface area contributed by atoms with Crippen molar-refractivity contribution in [2.45, 2.75) is 26.5 Å². The lowest BCUT2D eigenvalue weighted by Crippen LogP contribution is -2.41. The molecule has 0 spiro atoms. The number of hydrogen-bond acceptors (Lipinski definition) is 6. The molecule has 1 rings (SSSR count). The molecule has 0 atom stereocenters. The zero-order chi connectivity index (χ0) is 19.0. The Morgan fingerprint density at radius 3 is 2.12 bits per heavy atom. The van der Waals surface area contributed by atoms with Crippen molar-refractivity contribution < 1.29 is 32.6 Å². The van der Waals surface area contributed by atoms with Gasteiger partial charge in [0.2, 0.25) is 5.75 Å². The number of carbonyl (C=O) groups is 2. The van der Waals surface area contributed by atoms with Crippen molar-refractivity contribution in [2.75, 3.05) is 14.2 Å². The van der Waals surface area contributed by atoms with Gasteiger partial charge in [-0.3, -0.25) is 9.59 Å². The summed E-state index contributed by atoms with van der Waals surface area (Å²) in [4.78, 5) is 22.9. The quantitative estimate of drug-likeness (QED) is 0.434. The number of nitrogens with zero attached hydrogens (tertiary/aromatic N) is 1. The number of amides is 2. The van der Waals surface area contributed by atoms with Crippen molar-refractivity contribution in [3.63, 3.8) is 0 Å². The Kier molecular flexibility index (Phi) is 7.57. The van der Waals surface area contributed by atoms with E-state index in [0.717, 1.165) is 0 Å². The summed E-state index contributed by atoms with van der Waals surface area (Å²) < 4.78 is 39.3. The van der Waals surface area contributed by atoms with E-state index in [9.17, 15) is 18.4 Å². The molecule has 0 aromatic heterocycles. The van der Waals surface area contributed by atoms with E-state index in [1.54, 1.807) is 13.8 Å². The second kappa shape index (κ2) is 9.40. The molecule has 0 bridgehead atoms. The lowest BCUT2D eigenvalue weighted by Gasteiger charge is -2.14. The maximum atomic E-state index is 12.5. The van der Waals surface area contributed by atoms with Crippen LogP contribution in [0.1, 0.15) is 19.4 Å². The van der Waals surface area contributed by atoms with Crippen molar-refractivity contribution in [3.8, 4) is 17.2 Å². The Morgan fingerprint density at radius 2 is 1.68 bits per heavy atom. The maximum absolute atomic E-state index is 12.5. The maximum Gasteiger partial charge on any atom is 0.387 e. The van der Waals surface area contributed by atoms with Gasteiger partial charge in [0.1, 0.15) is 0 Å². The number of rotatable bonds is 7. The van der Waals surface area contributed by atoms with Gasteiger partial charge in [-0.25, -0.2) is 5.43 Å². The zero-order valence-electron chi connectivity index (χ0n) is 14.1. The van der Waals surface area contributed by atoms with Gasteiger partial charge in [0.25, 0.3) is 0 Å². The highest BCUT2D eigenvalue weighted by Crippen LogP contribution is 2.39. The number of alkyl halides is 2. The molecule has 1 aromatic carbocycles. The summed E-state index contributed by atoms with van der Waals surface area (Å²) in [7, 11) is 2.54. The fraction of sp³-hybridized carbons (Fsp3) is 0.400. The van der Waals surface area contributed by atoms with E-state index in [1.807, 2.05) is 5.43 Å². The first-order valence-corrected chi connectivity index (χ1v) is 7.13. The smallest absolute Gasteiger partial charge is 0.387 e. The third-order valence-electron chi connectivity index (χ3n) is 2.70. The lowest BCUT2D eigenvalue weighted by atomic mass is 10.2. The molecule has 0 radical (unpaired) electrons. The molecule has 1 aromatic rings. The third-order valence-corrected chi connectivity index (χ3v) is 2.70. The Hall–Kier alpha value is -2.91. The molecule has 10 heteroatoms. The summed E-state index contributed by atoms with van der Waals surface area (Å²) >= 11 is 0. The number of nitrogens with one attached hydrogen (secondary N) is 2. The number of ether oxygens (including phenoxy) is 3. The molecular formula is C15H19F2N3O5. The molecule has 8 nitrogen and oxygen atoms in total. The molecule has 0 heterocycles. The second-order valence-electron chi connectivity index (χ2n) is 4.96. The van der Waals surface area contributed by atoms with E-state index in [0.29, 0.717) is 5.56 Å². The normalized spacial score (nSPS) is 10.9. The summed E-state index contributed by atoms with van der Waals surface area (Å²) in [6.45, 7) is 0.354. The predicted molar refractivity (Wildman–Crippen MR) is 85.2 cm³/mol. The molecule has 0 aliphatic carbocycles. The van der Waals surface area contributed by atoms with Crippen LogP contribution in [0.15, 0.2) is 17.2 Å². The van der Waals surface area contributed by atoms with E-state index >= 15 is 0 Å². The zero-order valence-corrected chi connectivity index (χ0v) is 14.1. The van der Waals surface area contributed by atoms with Crippen LogP contribution in [-0.2, 0) is 9.59 Å². The summed E-state index contributed by atoms with van der Waals surface area (Å²) in [6, 6.07) is 2.51. The highest BCUT2D eigenvalue weighted by molar-refractivity contribution is 6.35. The Morgan fingerprint density at radius 1 is 1.12 bits per heavy atom. The topological polar surface area (TPSA) is 98.2 Å². The van der Waals surface area contributed by atoms with E-state index in [2.05, 4.69) is 15.2 Å². The van der Waals surface area contributed by atoms with Crippen molar-refractivity contribution >= 4 is 18.0 Å². The standard InChI is InChI=1S/C15H19F2N3O5/c1-8(2)19-13(21)14(22)20-18-7-9-5-10(23-3)12(25-15(16)17)11(6-9)24-4/h5-8,15H,1-4H3,(H,19,21)(H,20,22)/b18-7-. The fourth-order valence-corrected chi connectivity index (χ4v) is 1.72. The highest BCUT2D eigenvalue weighted by Gasteiger charge is 2.18. The van der Waals surface area contributed by atoms with E-state index in [4.69, 9.17) is 9.47 Å². The largest absolute Gasteiger partial charge is 0.493 e. The van der Waals surface area contributed by atoms with Gasteiger partial charge in [-0.15, -0.1) is 0 Å². The molecule has 0 aliphatic heterocycles. The molecule has 0 aliphatic rings. The van der Waals surface area contributed by atoms with Gasteiger partial charge in [0, 0.05) is 11.6 Å². The molecule has 2 amide bonds. The van der Waals surface area contributed by atoms with Crippen molar-refractivity contribution in [2.24, 2.45) is 5.10 Å². The van der Waals surface area contributed by atoms with Crippen LogP contribution in [0, 0.1) is 0 Å². The van der Waals surface area contributed by atoms with Gasteiger partial charge in [-0.2, -0.15) is 13.9 Å². The molecule has 25 heavy (non-hydrogen) atoms. The number of halogens is 2. The van der Waals surface area contributed by atoms with Gasteiger partial charge in [-0.05, 0) is 26.0 Å². The van der Waals surface area contributed by atoms with Crippen molar-refractivity contribution in [3.05, 3.63) is 17.7 Å². The predicted octanol–water partition coefficient (Wildman–Crippen LogP) is 1.28. The molecular weight excluding hydrogens is 340 g/mol. The Balaban J connectivity index is 2.92. The van der Waals surface area contributed by atoms with E-state index in [-0.39, 0.29) is 23.3 Å². The third kappa shape index (κ3) is 6.24. The molecule has 138 valence electrons. The highest BCUT2D eigenvalue weighted by atomic mass is 19.3. The van der Waals surface area contributed by atoms with Crippen molar-refractivity contribution in [1.29, 1.82) is 0 Å². The average Bonchev–Trinajstić information content (AvgIpc) is 2.54. The number of carbonyl (C=O) groups excluding carboxylic acids is 2. The fourth-order valence-electron chi connectivity index (χ4n) is 1.72. The van der Waals surface area contributed by atoms with E-state index < -0.39 is 18.4 Å². The van der Waals surface area contributed by atoms with Crippen LogP contribution >= 0.6 is 0 Å². The van der Waals surface area contributed by atoms with Gasteiger partial charge in [0.15, 0.2) is 11.5 Å². The summed E-state index contributed by atoms with van der Waals surface area (Å²) in [5.41, 5.74) is 2.40. The molecule has 0 unspecified atom stereocenters. The summed E-state index contributed by atoms with van der Waals surface area (Å²) in [5, 5.41) is 6.03. The molecule has 2 N–H and O–H groups in total. The minimum absolute atomic E-state index is 0.00928. The first kappa shape index (κ1) is 20.1. The van der Waals surface area contributed by atoms with Gasteiger partial charge in [-0.1, -0.05) is 0 Å². The monoisotopic (exact) mass is 359 g/mol. The minimum Gasteiger partial charge on any atom is -0.493 e. The number of methoxy groups -OCH3 is 2. The van der Waals surface area contributed by atoms with Gasteiger partial charge in [0.05, 0.1) is 20.4 Å². The first-order valence-electron chi connectivity index (χ1n) is 7.13. The molecule has 0 fully saturated rings. The summed E-state index contributed by atoms with van der Waals surface area (Å²) in [6.07, 6.45) is 1.19. The van der Waals surface area contributed by atoms with Crippen LogP contribution in [-0.4, -0.2) is 44.9 Å². The van der Waals surface area contributed by atoms with Crippen LogP contribution in [0.5, 0.6) is 17.2 Å². The Labute approximate surface area is 143 Å². The van der Waals surface area contributed by atoms with Crippen LogP contribution < -0.4 is 25.0 Å².